The fraction of sp³-hybridized carbons (Fsp3) is 0.263. The van der Waals surface area contributed by atoms with Crippen LogP contribution in [0.25, 0.3) is 11.4 Å². The number of amides is 1. The highest BCUT2D eigenvalue weighted by atomic mass is 35.5. The van der Waals surface area contributed by atoms with Crippen LogP contribution in [0.3, 0.4) is 0 Å². The third kappa shape index (κ3) is 4.45. The number of rotatable bonds is 7. The van der Waals surface area contributed by atoms with Crippen LogP contribution in [-0.4, -0.2) is 40.3 Å². The number of benzene rings is 2. The number of hydrogen-bond donors (Lipinski definition) is 1. The largest absolute Gasteiger partial charge is 0.493 e. The second kappa shape index (κ2) is 8.87. The summed E-state index contributed by atoms with van der Waals surface area (Å²) in [5, 5.41) is 15.4. The van der Waals surface area contributed by atoms with E-state index < -0.39 is 17.8 Å². The average molecular weight is 420 g/mol. The smallest absolute Gasteiger partial charge is 0.251 e. The van der Waals surface area contributed by atoms with E-state index in [1.54, 1.807) is 31.2 Å². The van der Waals surface area contributed by atoms with Crippen LogP contribution in [0, 0.1) is 5.82 Å². The van der Waals surface area contributed by atoms with Gasteiger partial charge < -0.3 is 14.8 Å². The number of aromatic nitrogens is 4. The molecule has 0 aliphatic rings. The van der Waals surface area contributed by atoms with Crippen molar-refractivity contribution >= 4 is 23.2 Å². The number of methoxy groups -OCH3 is 2. The van der Waals surface area contributed by atoms with Crippen molar-refractivity contribution in [3.05, 3.63) is 47.2 Å². The Bertz CT molecular complexity index is 1010. The number of carbonyl (C=O) groups excluding carboxylic acids is 1. The minimum absolute atomic E-state index is 0.0378. The lowest BCUT2D eigenvalue weighted by molar-refractivity contribution is -0.120. The first-order valence-corrected chi connectivity index (χ1v) is 9.12. The molecule has 0 aliphatic carbocycles. The summed E-state index contributed by atoms with van der Waals surface area (Å²) < 4.78 is 24.5. The zero-order valence-electron chi connectivity index (χ0n) is 16.0. The average Bonchev–Trinajstić information content (AvgIpc) is 3.20. The summed E-state index contributed by atoms with van der Waals surface area (Å²) in [5.74, 6) is -0.273. The Hall–Kier alpha value is -3.20. The van der Waals surface area contributed by atoms with Crippen molar-refractivity contribution in [3.63, 3.8) is 0 Å². The highest BCUT2D eigenvalue weighted by Gasteiger charge is 2.24. The summed E-state index contributed by atoms with van der Waals surface area (Å²) in [6.07, 6.45) is 0.372. The Kier molecular flexibility index (Phi) is 6.28. The van der Waals surface area contributed by atoms with Crippen molar-refractivity contribution in [3.8, 4) is 22.9 Å². The van der Waals surface area contributed by atoms with Crippen LogP contribution < -0.4 is 14.8 Å². The van der Waals surface area contributed by atoms with Crippen molar-refractivity contribution in [2.45, 2.75) is 19.4 Å². The Labute approximate surface area is 171 Å². The molecule has 0 saturated carbocycles. The van der Waals surface area contributed by atoms with Gasteiger partial charge in [0.1, 0.15) is 0 Å². The summed E-state index contributed by atoms with van der Waals surface area (Å²) >= 11 is 5.89. The number of anilines is 1. The van der Waals surface area contributed by atoms with Gasteiger partial charge in [-0.3, -0.25) is 4.79 Å². The van der Waals surface area contributed by atoms with Crippen molar-refractivity contribution in [1.82, 2.24) is 20.2 Å². The van der Waals surface area contributed by atoms with Gasteiger partial charge in [0.2, 0.25) is 5.82 Å². The third-order valence-corrected chi connectivity index (χ3v) is 4.48. The molecule has 29 heavy (non-hydrogen) atoms. The Morgan fingerprint density at radius 2 is 1.86 bits per heavy atom. The molecule has 3 rings (SSSR count). The molecule has 1 heterocycles. The van der Waals surface area contributed by atoms with E-state index in [0.717, 1.165) is 6.07 Å². The molecule has 1 unspecified atom stereocenters. The van der Waals surface area contributed by atoms with Crippen LogP contribution >= 0.6 is 11.6 Å². The minimum Gasteiger partial charge on any atom is -0.493 e. The number of nitrogens with zero attached hydrogens (tertiary/aromatic N) is 4. The third-order valence-electron chi connectivity index (χ3n) is 4.23. The lowest BCUT2D eigenvalue weighted by Gasteiger charge is -2.15. The Morgan fingerprint density at radius 3 is 2.48 bits per heavy atom. The molecule has 8 nitrogen and oxygen atoms in total. The number of halogens is 2. The number of carbonyl (C=O) groups is 1. The van der Waals surface area contributed by atoms with Crippen molar-refractivity contribution in [1.29, 1.82) is 0 Å². The number of ether oxygens (including phenoxy) is 2. The van der Waals surface area contributed by atoms with E-state index in [4.69, 9.17) is 21.1 Å². The quantitative estimate of drug-likeness (QED) is 0.627. The molecule has 2 aromatic carbocycles. The second-order valence-electron chi connectivity index (χ2n) is 6.04. The van der Waals surface area contributed by atoms with Crippen LogP contribution in [0.2, 0.25) is 5.02 Å². The van der Waals surface area contributed by atoms with Gasteiger partial charge in [0.05, 0.1) is 19.9 Å². The lowest BCUT2D eigenvalue weighted by Crippen LogP contribution is -2.27. The molecule has 3 aromatic rings. The van der Waals surface area contributed by atoms with Crippen LogP contribution in [0.15, 0.2) is 36.4 Å². The molecule has 0 saturated heterocycles. The van der Waals surface area contributed by atoms with Gasteiger partial charge in [-0.05, 0) is 35.9 Å². The van der Waals surface area contributed by atoms with Crippen LogP contribution in [0.1, 0.15) is 19.4 Å². The van der Waals surface area contributed by atoms with Gasteiger partial charge in [0.25, 0.3) is 5.91 Å². The van der Waals surface area contributed by atoms with Gasteiger partial charge >= 0.3 is 0 Å². The van der Waals surface area contributed by atoms with E-state index in [1.807, 2.05) is 0 Å². The van der Waals surface area contributed by atoms with Gasteiger partial charge in [-0.15, -0.1) is 10.2 Å². The van der Waals surface area contributed by atoms with E-state index in [2.05, 4.69) is 20.7 Å². The van der Waals surface area contributed by atoms with Crippen molar-refractivity contribution < 1.29 is 18.7 Å². The molecular weight excluding hydrogens is 401 g/mol. The van der Waals surface area contributed by atoms with Gasteiger partial charge in [0.15, 0.2) is 23.4 Å². The number of tetrazole rings is 1. The molecule has 10 heteroatoms. The van der Waals surface area contributed by atoms with Gasteiger partial charge in [-0.25, -0.2) is 4.39 Å². The molecule has 0 fully saturated rings. The first-order chi connectivity index (χ1) is 14.0. The highest BCUT2D eigenvalue weighted by molar-refractivity contribution is 6.30. The Balaban J connectivity index is 1.82. The molecule has 1 N–H and O–H groups in total. The van der Waals surface area contributed by atoms with E-state index in [1.165, 1.54) is 25.1 Å². The maximum absolute atomic E-state index is 14.3. The molecule has 152 valence electrons. The lowest BCUT2D eigenvalue weighted by atomic mass is 10.2. The maximum Gasteiger partial charge on any atom is 0.251 e. The zero-order chi connectivity index (χ0) is 21.0. The molecule has 0 spiro atoms. The molecule has 0 radical (unpaired) electrons. The highest BCUT2D eigenvalue weighted by Crippen LogP contribution is 2.32. The summed E-state index contributed by atoms with van der Waals surface area (Å²) in [6, 6.07) is 8.64. The SMILES string of the molecule is CCC(C(=O)Nc1cc(OC)c(OC)cc1F)n1nnc(-c2ccc(Cl)cc2)n1. The van der Waals surface area contributed by atoms with E-state index in [9.17, 15) is 9.18 Å². The molecule has 1 amide bonds. The summed E-state index contributed by atoms with van der Waals surface area (Å²) in [4.78, 5) is 14.0. The zero-order valence-corrected chi connectivity index (χ0v) is 16.8. The van der Waals surface area contributed by atoms with E-state index in [0.29, 0.717) is 28.6 Å². The molecular formula is C19H19ClFN5O3. The molecule has 0 aliphatic heterocycles. The second-order valence-corrected chi connectivity index (χ2v) is 6.48. The molecule has 1 atom stereocenters. The summed E-state index contributed by atoms with van der Waals surface area (Å²) in [6.45, 7) is 1.79. The minimum atomic E-state index is -0.781. The topological polar surface area (TPSA) is 91.2 Å². The van der Waals surface area contributed by atoms with Crippen molar-refractivity contribution in [2.24, 2.45) is 0 Å². The normalized spacial score (nSPS) is 11.8. The predicted molar refractivity (Wildman–Crippen MR) is 106 cm³/mol. The van der Waals surface area contributed by atoms with Crippen molar-refractivity contribution in [2.75, 3.05) is 19.5 Å². The molecule has 0 bridgehead atoms. The fourth-order valence-corrected chi connectivity index (χ4v) is 2.82. The van der Waals surface area contributed by atoms with Crippen LogP contribution in [0.5, 0.6) is 11.5 Å². The summed E-state index contributed by atoms with van der Waals surface area (Å²) in [5.41, 5.74) is 0.672. The first kappa shape index (κ1) is 20.5. The number of nitrogens with one attached hydrogen (secondary N) is 1. The summed E-state index contributed by atoms with van der Waals surface area (Å²) in [7, 11) is 2.82. The van der Waals surface area contributed by atoms with Crippen LogP contribution in [-0.2, 0) is 4.79 Å². The Morgan fingerprint density at radius 1 is 1.21 bits per heavy atom. The van der Waals surface area contributed by atoms with E-state index in [-0.39, 0.29) is 11.4 Å². The van der Waals surface area contributed by atoms with Gasteiger partial charge in [0, 0.05) is 22.7 Å². The number of hydrogen-bond acceptors (Lipinski definition) is 6. The van der Waals surface area contributed by atoms with Gasteiger partial charge in [-0.1, -0.05) is 18.5 Å². The predicted octanol–water partition coefficient (Wildman–Crippen LogP) is 3.74. The molecule has 1 aromatic heterocycles. The fourth-order valence-electron chi connectivity index (χ4n) is 2.69. The van der Waals surface area contributed by atoms with Gasteiger partial charge in [-0.2, -0.15) is 4.80 Å². The maximum atomic E-state index is 14.3. The van der Waals surface area contributed by atoms with Crippen LogP contribution in [0.4, 0.5) is 10.1 Å². The monoisotopic (exact) mass is 419 g/mol. The standard InChI is InChI=1S/C19H19ClFN5O3/c1-4-15(26-24-18(23-25-26)11-5-7-12(20)8-6-11)19(27)22-14-10-17(29-3)16(28-2)9-13(14)21/h5-10,15H,4H2,1-3H3,(H,22,27). The van der Waals surface area contributed by atoms with E-state index >= 15 is 0 Å². The first-order valence-electron chi connectivity index (χ1n) is 8.74.